The molecule has 6 heteroatoms. The third kappa shape index (κ3) is 4.82. The number of hydrogen-bond donors (Lipinski definition) is 1. The number of primary amides is 1. The Hall–Kier alpha value is -2.34. The Kier molecular flexibility index (Phi) is 5.71. The molecule has 0 spiro atoms. The first-order valence-corrected chi connectivity index (χ1v) is 8.68. The molecule has 1 fully saturated rings. The van der Waals surface area contributed by atoms with Crippen LogP contribution in [0.15, 0.2) is 36.7 Å². The van der Waals surface area contributed by atoms with Crippen molar-refractivity contribution in [1.82, 2.24) is 14.9 Å². The van der Waals surface area contributed by atoms with E-state index < -0.39 is 5.91 Å². The molecule has 132 valence electrons. The fraction of sp³-hybridized carbons (Fsp3) is 0.421. The summed E-state index contributed by atoms with van der Waals surface area (Å²) in [4.78, 5) is 21.7. The molecule has 1 saturated heterocycles. The first-order valence-electron chi connectivity index (χ1n) is 8.68. The molecule has 0 aliphatic carbocycles. The highest BCUT2D eigenvalue weighted by molar-refractivity contribution is 5.90. The van der Waals surface area contributed by atoms with E-state index in [-0.39, 0.29) is 11.5 Å². The fourth-order valence-corrected chi connectivity index (χ4v) is 3.39. The van der Waals surface area contributed by atoms with Crippen molar-refractivity contribution in [2.75, 3.05) is 13.1 Å². The van der Waals surface area contributed by atoms with Gasteiger partial charge in [0.2, 0.25) is 0 Å². The van der Waals surface area contributed by atoms with Crippen LogP contribution in [0.5, 0.6) is 0 Å². The molecule has 2 aromatic rings. The van der Waals surface area contributed by atoms with Crippen LogP contribution in [0.1, 0.15) is 41.0 Å². The number of hydrogen-bond acceptors (Lipinski definition) is 4. The maximum Gasteiger partial charge on any atom is 0.267 e. The Morgan fingerprint density at radius 1 is 1.24 bits per heavy atom. The number of nitrogens with two attached hydrogens (primary N) is 1. The topological polar surface area (TPSA) is 72.1 Å². The summed E-state index contributed by atoms with van der Waals surface area (Å²) < 4.78 is 13.8. The van der Waals surface area contributed by atoms with Gasteiger partial charge in [-0.05, 0) is 56.8 Å². The summed E-state index contributed by atoms with van der Waals surface area (Å²) in [6.07, 6.45) is 5.42. The minimum absolute atomic E-state index is 0.136. The quantitative estimate of drug-likeness (QED) is 0.906. The lowest BCUT2D eigenvalue weighted by atomic mass is 9.95. The monoisotopic (exact) mass is 342 g/mol. The third-order valence-electron chi connectivity index (χ3n) is 4.77. The van der Waals surface area contributed by atoms with Crippen LogP contribution in [0.25, 0.3) is 0 Å². The van der Waals surface area contributed by atoms with E-state index in [9.17, 15) is 9.18 Å². The van der Waals surface area contributed by atoms with Gasteiger partial charge < -0.3 is 5.73 Å². The lowest BCUT2D eigenvalue weighted by Crippen LogP contribution is -2.25. The molecular weight excluding hydrogens is 319 g/mol. The van der Waals surface area contributed by atoms with E-state index in [1.54, 1.807) is 12.1 Å². The second-order valence-corrected chi connectivity index (χ2v) is 6.63. The van der Waals surface area contributed by atoms with Crippen molar-refractivity contribution < 1.29 is 9.18 Å². The third-order valence-corrected chi connectivity index (χ3v) is 4.77. The molecule has 1 aromatic heterocycles. The van der Waals surface area contributed by atoms with Crippen LogP contribution >= 0.6 is 0 Å². The number of nitrogens with zero attached hydrogens (tertiary/aromatic N) is 3. The van der Waals surface area contributed by atoms with E-state index in [1.807, 2.05) is 12.1 Å². The van der Waals surface area contributed by atoms with Crippen molar-refractivity contribution in [2.45, 2.75) is 32.2 Å². The van der Waals surface area contributed by atoms with Crippen LogP contribution in [0.3, 0.4) is 0 Å². The SMILES string of the molecule is NC(=O)c1cc(CC2CCCN(Cc3ccccc3F)CC2)ncn1. The number of halogens is 1. The van der Waals surface area contributed by atoms with Gasteiger partial charge in [0.1, 0.15) is 17.8 Å². The second-order valence-electron chi connectivity index (χ2n) is 6.63. The van der Waals surface area contributed by atoms with Crippen LogP contribution < -0.4 is 5.73 Å². The zero-order valence-corrected chi connectivity index (χ0v) is 14.2. The van der Waals surface area contributed by atoms with Crippen molar-refractivity contribution in [1.29, 1.82) is 0 Å². The number of likely N-dealkylation sites (tertiary alicyclic amines) is 1. The highest BCUT2D eigenvalue weighted by Gasteiger charge is 2.19. The van der Waals surface area contributed by atoms with Gasteiger partial charge in [-0.2, -0.15) is 0 Å². The molecule has 1 atom stereocenters. The van der Waals surface area contributed by atoms with Gasteiger partial charge in [0, 0.05) is 17.8 Å². The summed E-state index contributed by atoms with van der Waals surface area (Å²) >= 11 is 0. The Morgan fingerprint density at radius 3 is 2.88 bits per heavy atom. The zero-order valence-electron chi connectivity index (χ0n) is 14.2. The molecule has 3 rings (SSSR count). The van der Waals surface area contributed by atoms with E-state index in [0.29, 0.717) is 12.5 Å². The molecule has 2 heterocycles. The normalized spacial score (nSPS) is 18.7. The summed E-state index contributed by atoms with van der Waals surface area (Å²) in [5.41, 5.74) is 7.15. The van der Waals surface area contributed by atoms with Crippen molar-refractivity contribution in [3.05, 3.63) is 59.4 Å². The van der Waals surface area contributed by atoms with E-state index in [0.717, 1.165) is 50.0 Å². The van der Waals surface area contributed by atoms with Crippen molar-refractivity contribution in [3.8, 4) is 0 Å². The zero-order chi connectivity index (χ0) is 17.6. The predicted molar refractivity (Wildman–Crippen MR) is 93.3 cm³/mol. The van der Waals surface area contributed by atoms with Gasteiger partial charge in [-0.3, -0.25) is 9.69 Å². The summed E-state index contributed by atoms with van der Waals surface area (Å²) in [6.45, 7) is 2.56. The Labute approximate surface area is 147 Å². The number of amides is 1. The van der Waals surface area contributed by atoms with E-state index in [2.05, 4.69) is 14.9 Å². The molecule has 25 heavy (non-hydrogen) atoms. The maximum atomic E-state index is 13.8. The number of rotatable bonds is 5. The second kappa shape index (κ2) is 8.16. The Morgan fingerprint density at radius 2 is 2.08 bits per heavy atom. The van der Waals surface area contributed by atoms with Crippen LogP contribution in [0.4, 0.5) is 4.39 Å². The first-order chi connectivity index (χ1) is 12.1. The van der Waals surface area contributed by atoms with Gasteiger partial charge in [0.25, 0.3) is 5.91 Å². The maximum absolute atomic E-state index is 13.8. The van der Waals surface area contributed by atoms with Gasteiger partial charge in [0.15, 0.2) is 0 Å². The molecule has 2 N–H and O–H groups in total. The molecule has 1 aromatic carbocycles. The summed E-state index contributed by atoms with van der Waals surface area (Å²) in [5, 5.41) is 0. The lowest BCUT2D eigenvalue weighted by Gasteiger charge is -2.20. The van der Waals surface area contributed by atoms with Crippen LogP contribution in [0, 0.1) is 11.7 Å². The molecule has 0 bridgehead atoms. The lowest BCUT2D eigenvalue weighted by molar-refractivity contribution is 0.0995. The fourth-order valence-electron chi connectivity index (χ4n) is 3.39. The molecule has 1 amide bonds. The Balaban J connectivity index is 1.57. The number of benzene rings is 1. The number of carbonyl (C=O) groups is 1. The summed E-state index contributed by atoms with van der Waals surface area (Å²) in [6, 6.07) is 8.65. The Bertz CT molecular complexity index is 737. The van der Waals surface area contributed by atoms with Crippen molar-refractivity contribution in [2.24, 2.45) is 11.7 Å². The van der Waals surface area contributed by atoms with Gasteiger partial charge in [-0.1, -0.05) is 18.2 Å². The van der Waals surface area contributed by atoms with Gasteiger partial charge in [-0.25, -0.2) is 14.4 Å². The summed E-state index contributed by atoms with van der Waals surface area (Å²) in [7, 11) is 0. The minimum Gasteiger partial charge on any atom is -0.364 e. The van der Waals surface area contributed by atoms with Crippen LogP contribution in [-0.2, 0) is 13.0 Å². The average molecular weight is 342 g/mol. The molecule has 0 saturated carbocycles. The van der Waals surface area contributed by atoms with Gasteiger partial charge >= 0.3 is 0 Å². The highest BCUT2D eigenvalue weighted by atomic mass is 19.1. The molecule has 1 unspecified atom stereocenters. The van der Waals surface area contributed by atoms with E-state index in [1.165, 1.54) is 12.4 Å². The standard InChI is InChI=1S/C19H23FN4O/c20-17-6-2-1-5-15(17)12-24-8-3-4-14(7-9-24)10-16-11-18(19(21)25)23-13-22-16/h1-2,5-6,11,13-14H,3-4,7-10,12H2,(H2,21,25). The van der Waals surface area contributed by atoms with Crippen LogP contribution in [-0.4, -0.2) is 33.9 Å². The molecule has 1 aliphatic heterocycles. The highest BCUT2D eigenvalue weighted by Crippen LogP contribution is 2.22. The molecule has 1 aliphatic rings. The van der Waals surface area contributed by atoms with Gasteiger partial charge in [0.05, 0.1) is 0 Å². The van der Waals surface area contributed by atoms with Crippen LogP contribution in [0.2, 0.25) is 0 Å². The van der Waals surface area contributed by atoms with Crippen molar-refractivity contribution >= 4 is 5.91 Å². The molecule has 5 nitrogen and oxygen atoms in total. The first kappa shape index (κ1) is 17.5. The average Bonchev–Trinajstić information content (AvgIpc) is 2.82. The number of aromatic nitrogens is 2. The van der Waals surface area contributed by atoms with E-state index >= 15 is 0 Å². The van der Waals surface area contributed by atoms with Crippen molar-refractivity contribution in [3.63, 3.8) is 0 Å². The molecular formula is C19H23FN4O. The van der Waals surface area contributed by atoms with Gasteiger partial charge in [-0.15, -0.1) is 0 Å². The minimum atomic E-state index is -0.527. The summed E-state index contributed by atoms with van der Waals surface area (Å²) in [5.74, 6) is -0.162. The van der Waals surface area contributed by atoms with E-state index in [4.69, 9.17) is 5.73 Å². The largest absolute Gasteiger partial charge is 0.364 e. The molecule has 0 radical (unpaired) electrons. The smallest absolute Gasteiger partial charge is 0.267 e. The predicted octanol–water partition coefficient (Wildman–Crippen LogP) is 2.56. The number of carbonyl (C=O) groups excluding carboxylic acids is 1.